The van der Waals surface area contributed by atoms with E-state index in [4.69, 9.17) is 18.9 Å². The summed E-state index contributed by atoms with van der Waals surface area (Å²) in [7, 11) is 3.04. The summed E-state index contributed by atoms with van der Waals surface area (Å²) < 4.78 is 21.5. The fourth-order valence-electron chi connectivity index (χ4n) is 3.14. The van der Waals surface area contributed by atoms with Crippen molar-refractivity contribution in [2.75, 3.05) is 59.0 Å². The molecule has 0 aromatic heterocycles. The van der Waals surface area contributed by atoms with Crippen molar-refractivity contribution in [3.8, 4) is 17.2 Å². The smallest absolute Gasteiger partial charge is 0.262 e. The number of hydrazone groups is 1. The van der Waals surface area contributed by atoms with Gasteiger partial charge in [0, 0.05) is 13.1 Å². The standard InChI is InChI=1S/C23H28N4O6/c1-30-19-6-4-3-5-18(19)25-23(29)16-33-20-8-7-17(13-21(20)31-2)14-24-26-22(28)15-27-9-11-32-12-10-27/h3-8,13-14H,9-12,15-16H2,1-2H3,(H,25,29)(H,26,28)/b24-14+. The van der Waals surface area contributed by atoms with Crippen molar-refractivity contribution in [1.29, 1.82) is 0 Å². The summed E-state index contributed by atoms with van der Waals surface area (Å²) in [5.74, 6) is 0.866. The highest BCUT2D eigenvalue weighted by molar-refractivity contribution is 5.93. The molecule has 0 aliphatic carbocycles. The molecule has 3 rings (SSSR count). The van der Waals surface area contributed by atoms with E-state index >= 15 is 0 Å². The molecule has 2 aromatic carbocycles. The summed E-state index contributed by atoms with van der Waals surface area (Å²) in [5.41, 5.74) is 3.77. The molecule has 0 atom stereocenters. The molecule has 1 aliphatic heterocycles. The molecule has 176 valence electrons. The maximum atomic E-state index is 12.3. The van der Waals surface area contributed by atoms with Crippen LogP contribution in [0.3, 0.4) is 0 Å². The Labute approximate surface area is 192 Å². The van der Waals surface area contributed by atoms with Gasteiger partial charge >= 0.3 is 0 Å². The Bertz CT molecular complexity index is 975. The number of nitrogens with one attached hydrogen (secondary N) is 2. The molecule has 2 aromatic rings. The molecule has 2 N–H and O–H groups in total. The van der Waals surface area contributed by atoms with Crippen molar-refractivity contribution in [3.63, 3.8) is 0 Å². The lowest BCUT2D eigenvalue weighted by molar-refractivity contribution is -0.123. The fourth-order valence-corrected chi connectivity index (χ4v) is 3.14. The summed E-state index contributed by atoms with van der Waals surface area (Å²) in [6.07, 6.45) is 1.51. The van der Waals surface area contributed by atoms with Gasteiger partial charge in [-0.25, -0.2) is 5.43 Å². The van der Waals surface area contributed by atoms with Crippen molar-refractivity contribution >= 4 is 23.7 Å². The molecule has 10 heteroatoms. The van der Waals surface area contributed by atoms with Crippen LogP contribution in [0.2, 0.25) is 0 Å². The van der Waals surface area contributed by atoms with Gasteiger partial charge in [0.1, 0.15) is 5.75 Å². The van der Waals surface area contributed by atoms with E-state index in [1.54, 1.807) is 36.4 Å². The minimum Gasteiger partial charge on any atom is -0.495 e. The number of carbonyl (C=O) groups is 2. The van der Waals surface area contributed by atoms with Gasteiger partial charge in [0.2, 0.25) is 0 Å². The number of hydrogen-bond acceptors (Lipinski definition) is 8. The van der Waals surface area contributed by atoms with Gasteiger partial charge < -0.3 is 24.3 Å². The Balaban J connectivity index is 1.50. The summed E-state index contributed by atoms with van der Waals surface area (Å²) in [5, 5.41) is 6.74. The number of ether oxygens (including phenoxy) is 4. The molecule has 0 bridgehead atoms. The lowest BCUT2D eigenvalue weighted by Crippen LogP contribution is -2.42. The van der Waals surface area contributed by atoms with Gasteiger partial charge in [0.25, 0.3) is 11.8 Å². The number of rotatable bonds is 10. The zero-order valence-corrected chi connectivity index (χ0v) is 18.7. The zero-order valence-electron chi connectivity index (χ0n) is 18.7. The Hall–Kier alpha value is -3.63. The predicted molar refractivity (Wildman–Crippen MR) is 123 cm³/mol. The second-order valence-electron chi connectivity index (χ2n) is 7.13. The SMILES string of the molecule is COc1ccccc1NC(=O)COc1ccc(/C=N/NC(=O)CN2CCOCC2)cc1OC. The van der Waals surface area contributed by atoms with Crippen LogP contribution in [0.15, 0.2) is 47.6 Å². The summed E-state index contributed by atoms with van der Waals surface area (Å²) in [6.45, 7) is 2.78. The Morgan fingerprint density at radius 3 is 2.55 bits per heavy atom. The molecule has 0 radical (unpaired) electrons. The molecule has 0 unspecified atom stereocenters. The third kappa shape index (κ3) is 7.48. The zero-order chi connectivity index (χ0) is 23.5. The molecular weight excluding hydrogens is 428 g/mol. The highest BCUT2D eigenvalue weighted by Crippen LogP contribution is 2.28. The number of amides is 2. The van der Waals surface area contributed by atoms with Gasteiger partial charge in [-0.3, -0.25) is 14.5 Å². The van der Waals surface area contributed by atoms with E-state index in [1.807, 2.05) is 11.0 Å². The maximum absolute atomic E-state index is 12.3. The van der Waals surface area contributed by atoms with E-state index in [0.717, 1.165) is 13.1 Å². The van der Waals surface area contributed by atoms with Crippen LogP contribution in [0.25, 0.3) is 0 Å². The number of nitrogens with zero attached hydrogens (tertiary/aromatic N) is 2. The number of morpholine rings is 1. The average Bonchev–Trinajstić information content (AvgIpc) is 2.84. The normalized spacial score (nSPS) is 14.0. The maximum Gasteiger partial charge on any atom is 0.262 e. The molecule has 1 fully saturated rings. The van der Waals surface area contributed by atoms with Gasteiger partial charge in [0.05, 0.1) is 45.9 Å². The van der Waals surface area contributed by atoms with Gasteiger partial charge in [0.15, 0.2) is 18.1 Å². The van der Waals surface area contributed by atoms with Gasteiger partial charge in [-0.05, 0) is 35.9 Å². The van der Waals surface area contributed by atoms with Crippen molar-refractivity contribution in [3.05, 3.63) is 48.0 Å². The van der Waals surface area contributed by atoms with E-state index in [-0.39, 0.29) is 25.0 Å². The van der Waals surface area contributed by atoms with E-state index < -0.39 is 0 Å². The largest absolute Gasteiger partial charge is 0.495 e. The van der Waals surface area contributed by atoms with Gasteiger partial charge in [-0.2, -0.15) is 5.10 Å². The second-order valence-corrected chi connectivity index (χ2v) is 7.13. The van der Waals surface area contributed by atoms with E-state index in [1.165, 1.54) is 20.4 Å². The van der Waals surface area contributed by atoms with Gasteiger partial charge in [-0.15, -0.1) is 0 Å². The molecule has 0 spiro atoms. The Morgan fingerprint density at radius 1 is 1.03 bits per heavy atom. The number of methoxy groups -OCH3 is 2. The van der Waals surface area contributed by atoms with Gasteiger partial charge in [-0.1, -0.05) is 12.1 Å². The van der Waals surface area contributed by atoms with Crippen LogP contribution in [-0.4, -0.2) is 76.6 Å². The Kier molecular flexibility index (Phi) is 9.04. The van der Waals surface area contributed by atoms with Crippen molar-refractivity contribution in [2.24, 2.45) is 5.10 Å². The molecule has 1 saturated heterocycles. The molecule has 1 aliphatic rings. The third-order valence-electron chi connectivity index (χ3n) is 4.80. The lowest BCUT2D eigenvalue weighted by atomic mass is 10.2. The molecule has 2 amide bonds. The molecular formula is C23H28N4O6. The summed E-state index contributed by atoms with van der Waals surface area (Å²) in [6, 6.07) is 12.2. The van der Waals surface area contributed by atoms with Crippen LogP contribution in [0.1, 0.15) is 5.56 Å². The Morgan fingerprint density at radius 2 is 1.79 bits per heavy atom. The number of hydrogen-bond donors (Lipinski definition) is 2. The van der Waals surface area contributed by atoms with E-state index in [9.17, 15) is 9.59 Å². The minimum absolute atomic E-state index is 0.193. The monoisotopic (exact) mass is 456 g/mol. The predicted octanol–water partition coefficient (Wildman–Crippen LogP) is 1.50. The van der Waals surface area contributed by atoms with Crippen molar-refractivity contribution < 1.29 is 28.5 Å². The van der Waals surface area contributed by atoms with Crippen LogP contribution in [0, 0.1) is 0 Å². The van der Waals surface area contributed by atoms with Crippen LogP contribution < -0.4 is 25.0 Å². The first kappa shape index (κ1) is 24.0. The van der Waals surface area contributed by atoms with E-state index in [0.29, 0.717) is 41.7 Å². The quantitative estimate of drug-likeness (QED) is 0.412. The third-order valence-corrected chi connectivity index (χ3v) is 4.80. The molecule has 0 saturated carbocycles. The van der Waals surface area contributed by atoms with Crippen LogP contribution in [0.5, 0.6) is 17.2 Å². The van der Waals surface area contributed by atoms with Crippen LogP contribution in [0.4, 0.5) is 5.69 Å². The highest BCUT2D eigenvalue weighted by atomic mass is 16.5. The van der Waals surface area contributed by atoms with Crippen LogP contribution >= 0.6 is 0 Å². The average molecular weight is 456 g/mol. The fraction of sp³-hybridized carbons (Fsp3) is 0.348. The highest BCUT2D eigenvalue weighted by Gasteiger charge is 2.14. The second kappa shape index (κ2) is 12.4. The summed E-state index contributed by atoms with van der Waals surface area (Å²) in [4.78, 5) is 26.3. The lowest BCUT2D eigenvalue weighted by Gasteiger charge is -2.25. The first-order valence-electron chi connectivity index (χ1n) is 10.4. The molecule has 33 heavy (non-hydrogen) atoms. The molecule has 10 nitrogen and oxygen atoms in total. The van der Waals surface area contributed by atoms with Crippen molar-refractivity contribution in [2.45, 2.75) is 0 Å². The number of carbonyl (C=O) groups excluding carboxylic acids is 2. The number of benzene rings is 2. The minimum atomic E-state index is -0.338. The molecule has 1 heterocycles. The van der Waals surface area contributed by atoms with E-state index in [2.05, 4.69) is 15.8 Å². The number of anilines is 1. The first-order chi connectivity index (χ1) is 16.1. The number of para-hydroxylation sites is 2. The van der Waals surface area contributed by atoms with Crippen molar-refractivity contribution in [1.82, 2.24) is 10.3 Å². The first-order valence-corrected chi connectivity index (χ1v) is 10.4. The summed E-state index contributed by atoms with van der Waals surface area (Å²) >= 11 is 0. The van der Waals surface area contributed by atoms with Crippen LogP contribution in [-0.2, 0) is 14.3 Å². The topological polar surface area (TPSA) is 111 Å².